The smallest absolute Gasteiger partial charge is 0.326 e. The lowest BCUT2D eigenvalue weighted by atomic mass is 10.1. The molecule has 1 aliphatic rings. The number of carboxylic acid groups (broad SMARTS) is 1. The van der Waals surface area contributed by atoms with Crippen molar-refractivity contribution in [1.29, 1.82) is 0 Å². The van der Waals surface area contributed by atoms with Crippen LogP contribution in [0.1, 0.15) is 19.0 Å². The number of hydrogen-bond donors (Lipinski definition) is 3. The van der Waals surface area contributed by atoms with Crippen LogP contribution in [0.25, 0.3) is 0 Å². The van der Waals surface area contributed by atoms with Crippen LogP contribution in [0.4, 0.5) is 0 Å². The Bertz CT molecular complexity index is 416. The Morgan fingerprint density at radius 1 is 1.71 bits per heavy atom. The van der Waals surface area contributed by atoms with Gasteiger partial charge in [0.1, 0.15) is 6.04 Å². The van der Waals surface area contributed by atoms with Crippen molar-refractivity contribution in [2.24, 2.45) is 11.8 Å². The molecule has 0 saturated heterocycles. The molecule has 0 radical (unpaired) electrons. The van der Waals surface area contributed by atoms with Crippen molar-refractivity contribution < 1.29 is 14.7 Å². The molecule has 0 bridgehead atoms. The molecule has 1 aliphatic carbocycles. The highest BCUT2D eigenvalue weighted by Gasteiger charge is 2.40. The van der Waals surface area contributed by atoms with Crippen LogP contribution in [-0.2, 0) is 16.0 Å². The Morgan fingerprint density at radius 3 is 2.88 bits per heavy atom. The quantitative estimate of drug-likeness (QED) is 0.680. The number of amides is 1. The molecule has 0 aliphatic heterocycles. The van der Waals surface area contributed by atoms with Crippen LogP contribution in [-0.4, -0.2) is 33.0 Å². The average Bonchev–Trinajstić information content (AvgIpc) is 2.78. The first-order chi connectivity index (χ1) is 8.08. The van der Waals surface area contributed by atoms with Crippen molar-refractivity contribution in [2.75, 3.05) is 0 Å². The highest BCUT2D eigenvalue weighted by atomic mass is 16.4. The van der Waals surface area contributed by atoms with E-state index in [1.807, 2.05) is 6.92 Å². The van der Waals surface area contributed by atoms with Gasteiger partial charge in [-0.05, 0) is 12.3 Å². The monoisotopic (exact) mass is 237 g/mol. The predicted octanol–water partition coefficient (Wildman–Crippen LogP) is 0.178. The normalized spacial score (nSPS) is 24.1. The lowest BCUT2D eigenvalue weighted by Crippen LogP contribution is -2.43. The van der Waals surface area contributed by atoms with Gasteiger partial charge in [-0.3, -0.25) is 4.79 Å². The fraction of sp³-hybridized carbons (Fsp3) is 0.545. The summed E-state index contributed by atoms with van der Waals surface area (Å²) in [4.78, 5) is 29.3. The summed E-state index contributed by atoms with van der Waals surface area (Å²) < 4.78 is 0. The fourth-order valence-corrected chi connectivity index (χ4v) is 1.78. The number of carbonyl (C=O) groups excluding carboxylic acids is 1. The van der Waals surface area contributed by atoms with Crippen LogP contribution >= 0.6 is 0 Å². The van der Waals surface area contributed by atoms with Gasteiger partial charge in [0, 0.05) is 24.2 Å². The molecule has 2 rings (SSSR count). The number of aliphatic carboxylic acids is 1. The van der Waals surface area contributed by atoms with E-state index in [4.69, 9.17) is 5.11 Å². The molecule has 6 nitrogen and oxygen atoms in total. The zero-order valence-electron chi connectivity index (χ0n) is 9.51. The van der Waals surface area contributed by atoms with Crippen LogP contribution in [0, 0.1) is 11.8 Å². The molecule has 0 spiro atoms. The number of carboxylic acids is 1. The van der Waals surface area contributed by atoms with E-state index in [2.05, 4.69) is 15.3 Å². The van der Waals surface area contributed by atoms with Crippen LogP contribution in [0.15, 0.2) is 12.5 Å². The zero-order chi connectivity index (χ0) is 12.4. The maximum atomic E-state index is 11.7. The molecule has 6 heteroatoms. The minimum atomic E-state index is -1.03. The van der Waals surface area contributed by atoms with Crippen molar-refractivity contribution in [3.8, 4) is 0 Å². The van der Waals surface area contributed by atoms with Crippen molar-refractivity contribution in [3.05, 3.63) is 18.2 Å². The summed E-state index contributed by atoms with van der Waals surface area (Å²) in [5, 5.41) is 11.6. The second kappa shape index (κ2) is 4.57. The van der Waals surface area contributed by atoms with Crippen molar-refractivity contribution in [2.45, 2.75) is 25.8 Å². The molecule has 3 unspecified atom stereocenters. The van der Waals surface area contributed by atoms with E-state index < -0.39 is 12.0 Å². The first kappa shape index (κ1) is 11.6. The third-order valence-corrected chi connectivity index (χ3v) is 3.04. The first-order valence-corrected chi connectivity index (χ1v) is 5.58. The molecule has 92 valence electrons. The molecule has 17 heavy (non-hydrogen) atoms. The zero-order valence-corrected chi connectivity index (χ0v) is 9.51. The van der Waals surface area contributed by atoms with Crippen molar-refractivity contribution >= 4 is 11.9 Å². The largest absolute Gasteiger partial charge is 0.480 e. The first-order valence-electron chi connectivity index (χ1n) is 5.58. The third-order valence-electron chi connectivity index (χ3n) is 3.04. The minimum absolute atomic E-state index is 0.0152. The van der Waals surface area contributed by atoms with Crippen LogP contribution in [0.3, 0.4) is 0 Å². The Kier molecular flexibility index (Phi) is 3.12. The lowest BCUT2D eigenvalue weighted by molar-refractivity contribution is -0.142. The van der Waals surface area contributed by atoms with Crippen LogP contribution < -0.4 is 5.32 Å². The number of aromatic nitrogens is 2. The van der Waals surface area contributed by atoms with E-state index >= 15 is 0 Å². The molecule has 1 heterocycles. The molecular weight excluding hydrogens is 222 g/mol. The van der Waals surface area contributed by atoms with Gasteiger partial charge in [-0.15, -0.1) is 0 Å². The SMILES string of the molecule is CC1CC1C(=O)NC(Cc1cnc[nH]1)C(=O)O. The Balaban J connectivity index is 1.93. The second-order valence-electron chi connectivity index (χ2n) is 4.50. The summed E-state index contributed by atoms with van der Waals surface area (Å²) in [5.74, 6) is -0.833. The van der Waals surface area contributed by atoms with E-state index in [1.165, 1.54) is 6.33 Å². The molecule has 3 N–H and O–H groups in total. The summed E-state index contributed by atoms with van der Waals surface area (Å²) in [6.45, 7) is 1.98. The number of rotatable bonds is 5. The van der Waals surface area contributed by atoms with E-state index in [0.717, 1.165) is 6.42 Å². The summed E-state index contributed by atoms with van der Waals surface area (Å²) in [5.41, 5.74) is 0.696. The highest BCUT2D eigenvalue weighted by molar-refractivity contribution is 5.86. The predicted molar refractivity (Wildman–Crippen MR) is 59.1 cm³/mol. The van der Waals surface area contributed by atoms with Gasteiger partial charge in [0.15, 0.2) is 0 Å². The summed E-state index contributed by atoms with van der Waals surface area (Å²) in [6.07, 6.45) is 4.12. The topological polar surface area (TPSA) is 95.1 Å². The van der Waals surface area contributed by atoms with Gasteiger partial charge in [0.25, 0.3) is 0 Å². The van der Waals surface area contributed by atoms with Crippen molar-refractivity contribution in [1.82, 2.24) is 15.3 Å². The molecule has 0 aromatic carbocycles. The van der Waals surface area contributed by atoms with E-state index in [9.17, 15) is 9.59 Å². The Hall–Kier alpha value is -1.85. The molecule has 1 aromatic heterocycles. The Morgan fingerprint density at radius 2 is 2.41 bits per heavy atom. The van der Waals surface area contributed by atoms with E-state index in [0.29, 0.717) is 11.6 Å². The second-order valence-corrected chi connectivity index (χ2v) is 4.50. The lowest BCUT2D eigenvalue weighted by Gasteiger charge is -2.13. The summed E-state index contributed by atoms with van der Waals surface area (Å²) in [6, 6.07) is -0.893. The molecule has 1 amide bonds. The van der Waals surface area contributed by atoms with Gasteiger partial charge >= 0.3 is 5.97 Å². The van der Waals surface area contributed by atoms with Gasteiger partial charge in [-0.2, -0.15) is 0 Å². The molecular formula is C11H15N3O3. The standard InChI is InChI=1S/C11H15N3O3/c1-6-2-8(6)10(15)14-9(11(16)17)3-7-4-12-5-13-7/h4-6,8-9H,2-3H2,1H3,(H,12,13)(H,14,15)(H,16,17). The van der Waals surface area contributed by atoms with Gasteiger partial charge in [0.2, 0.25) is 5.91 Å². The van der Waals surface area contributed by atoms with Gasteiger partial charge < -0.3 is 15.4 Å². The number of aromatic amines is 1. The summed E-state index contributed by atoms with van der Waals surface area (Å²) >= 11 is 0. The maximum absolute atomic E-state index is 11.7. The van der Waals surface area contributed by atoms with Crippen molar-refractivity contribution in [3.63, 3.8) is 0 Å². The van der Waals surface area contributed by atoms with Gasteiger partial charge in [0.05, 0.1) is 6.33 Å². The molecule has 1 saturated carbocycles. The minimum Gasteiger partial charge on any atom is -0.480 e. The number of imidazole rings is 1. The van der Waals surface area contributed by atoms with Crippen LogP contribution in [0.5, 0.6) is 0 Å². The number of hydrogen-bond acceptors (Lipinski definition) is 3. The molecule has 3 atom stereocenters. The fourth-order valence-electron chi connectivity index (χ4n) is 1.78. The van der Waals surface area contributed by atoms with Crippen LogP contribution in [0.2, 0.25) is 0 Å². The number of nitrogens with one attached hydrogen (secondary N) is 2. The molecule has 1 fully saturated rings. The average molecular weight is 237 g/mol. The number of carbonyl (C=O) groups is 2. The van der Waals surface area contributed by atoms with Gasteiger partial charge in [-0.1, -0.05) is 6.92 Å². The Labute approximate surface area is 98.4 Å². The number of nitrogens with zero attached hydrogens (tertiary/aromatic N) is 1. The van der Waals surface area contributed by atoms with Gasteiger partial charge in [-0.25, -0.2) is 9.78 Å². The molecule has 1 aromatic rings. The maximum Gasteiger partial charge on any atom is 0.326 e. The van der Waals surface area contributed by atoms with E-state index in [1.54, 1.807) is 6.20 Å². The highest BCUT2D eigenvalue weighted by Crippen LogP contribution is 2.37. The van der Waals surface area contributed by atoms with E-state index in [-0.39, 0.29) is 18.2 Å². The third kappa shape index (κ3) is 2.83. The summed E-state index contributed by atoms with van der Waals surface area (Å²) in [7, 11) is 0. The number of H-pyrrole nitrogens is 1.